The Bertz CT molecular complexity index is 960. The Morgan fingerprint density at radius 3 is 2.21 bits per heavy atom. The van der Waals surface area contributed by atoms with Gasteiger partial charge >= 0.3 is 0 Å². The Morgan fingerprint density at radius 1 is 0.857 bits per heavy atom. The van der Waals surface area contributed by atoms with Crippen LogP contribution in [0.1, 0.15) is 5.69 Å². The minimum absolute atomic E-state index is 0.425. The molecule has 0 saturated carbocycles. The number of rotatable bonds is 4. The van der Waals surface area contributed by atoms with Crippen molar-refractivity contribution in [3.8, 4) is 0 Å². The molecule has 3 heterocycles. The molecule has 0 unspecified atom stereocenters. The fraction of sp³-hybridized carbons (Fsp3) is 0.263. The summed E-state index contributed by atoms with van der Waals surface area (Å²) in [5, 5.41) is 3.01. The van der Waals surface area contributed by atoms with Crippen molar-refractivity contribution in [2.45, 2.75) is 6.92 Å². The average Bonchev–Trinajstić information content (AvgIpc) is 2.71. The lowest BCUT2D eigenvalue weighted by molar-refractivity contribution is 0.509. The molecule has 0 atom stereocenters. The van der Waals surface area contributed by atoms with Crippen molar-refractivity contribution in [3.63, 3.8) is 0 Å². The lowest BCUT2D eigenvalue weighted by Crippen LogP contribution is -2.47. The third kappa shape index (κ3) is 3.98. The highest BCUT2D eigenvalue weighted by atomic mass is 19.2. The Labute approximate surface area is 161 Å². The number of hydrogen-bond donors (Lipinski definition) is 1. The van der Waals surface area contributed by atoms with Crippen molar-refractivity contribution in [1.82, 2.24) is 19.9 Å². The number of halogens is 2. The second kappa shape index (κ2) is 7.71. The molecule has 2 aromatic heterocycles. The summed E-state index contributed by atoms with van der Waals surface area (Å²) in [5.41, 5.74) is 1.21. The Balaban J connectivity index is 1.47. The molecule has 1 fully saturated rings. The number of nitrogens with one attached hydrogen (secondary N) is 1. The third-order valence-corrected chi connectivity index (χ3v) is 4.43. The van der Waals surface area contributed by atoms with Gasteiger partial charge in [0, 0.05) is 62.1 Å². The Kier molecular flexibility index (Phi) is 4.96. The van der Waals surface area contributed by atoms with E-state index in [1.807, 2.05) is 6.92 Å². The van der Waals surface area contributed by atoms with Crippen LogP contribution in [0, 0.1) is 18.6 Å². The predicted octanol–water partition coefficient (Wildman–Crippen LogP) is 2.92. The van der Waals surface area contributed by atoms with E-state index in [0.29, 0.717) is 23.4 Å². The maximum absolute atomic E-state index is 13.4. The lowest BCUT2D eigenvalue weighted by Gasteiger charge is -2.34. The van der Waals surface area contributed by atoms with Gasteiger partial charge in [0.05, 0.1) is 0 Å². The van der Waals surface area contributed by atoms with Gasteiger partial charge in [-0.25, -0.2) is 23.7 Å². The molecule has 1 N–H and O–H groups in total. The first-order valence-electron chi connectivity index (χ1n) is 8.93. The molecule has 9 heteroatoms. The van der Waals surface area contributed by atoms with E-state index in [1.54, 1.807) is 24.5 Å². The van der Waals surface area contributed by atoms with Gasteiger partial charge in [-0.05, 0) is 25.1 Å². The van der Waals surface area contributed by atoms with Crippen LogP contribution in [0.25, 0.3) is 0 Å². The number of aromatic nitrogens is 4. The van der Waals surface area contributed by atoms with E-state index in [4.69, 9.17) is 0 Å². The molecule has 28 heavy (non-hydrogen) atoms. The van der Waals surface area contributed by atoms with Crippen LogP contribution in [0.2, 0.25) is 0 Å². The van der Waals surface area contributed by atoms with Crippen LogP contribution in [0.5, 0.6) is 0 Å². The lowest BCUT2D eigenvalue weighted by atomic mass is 10.3. The van der Waals surface area contributed by atoms with Gasteiger partial charge < -0.3 is 15.1 Å². The van der Waals surface area contributed by atoms with E-state index >= 15 is 0 Å². The van der Waals surface area contributed by atoms with Crippen molar-refractivity contribution < 1.29 is 8.78 Å². The number of anilines is 4. The second-order valence-corrected chi connectivity index (χ2v) is 6.47. The molecule has 7 nitrogen and oxygen atoms in total. The SMILES string of the molecule is Cc1cc(Nc2ccc(F)c(F)c2)nc(N2CCN(c3ncccn3)CC2)n1. The highest BCUT2D eigenvalue weighted by Gasteiger charge is 2.21. The summed E-state index contributed by atoms with van der Waals surface area (Å²) in [7, 11) is 0. The zero-order valence-electron chi connectivity index (χ0n) is 15.3. The van der Waals surface area contributed by atoms with Crippen molar-refractivity contribution in [1.29, 1.82) is 0 Å². The fourth-order valence-corrected chi connectivity index (χ4v) is 3.04. The quantitative estimate of drug-likeness (QED) is 0.743. The molecular formula is C19H19F2N7. The van der Waals surface area contributed by atoms with Gasteiger partial charge in [0.15, 0.2) is 11.6 Å². The molecule has 3 aromatic rings. The van der Waals surface area contributed by atoms with Crippen LogP contribution in [-0.4, -0.2) is 46.1 Å². The van der Waals surface area contributed by atoms with Crippen LogP contribution in [0.3, 0.4) is 0 Å². The number of benzene rings is 1. The number of piperazine rings is 1. The monoisotopic (exact) mass is 383 g/mol. The highest BCUT2D eigenvalue weighted by molar-refractivity contribution is 5.58. The first-order valence-corrected chi connectivity index (χ1v) is 8.93. The van der Waals surface area contributed by atoms with Crippen LogP contribution < -0.4 is 15.1 Å². The van der Waals surface area contributed by atoms with E-state index in [2.05, 4.69) is 35.1 Å². The van der Waals surface area contributed by atoms with Gasteiger partial charge in [0.25, 0.3) is 0 Å². The minimum Gasteiger partial charge on any atom is -0.340 e. The van der Waals surface area contributed by atoms with E-state index in [9.17, 15) is 8.78 Å². The highest BCUT2D eigenvalue weighted by Crippen LogP contribution is 2.21. The molecule has 1 saturated heterocycles. The van der Waals surface area contributed by atoms with Crippen molar-refractivity contribution in [3.05, 3.63) is 60.1 Å². The fourth-order valence-electron chi connectivity index (χ4n) is 3.04. The predicted molar refractivity (Wildman–Crippen MR) is 103 cm³/mol. The van der Waals surface area contributed by atoms with Gasteiger partial charge in [0.2, 0.25) is 11.9 Å². The molecule has 0 radical (unpaired) electrons. The first kappa shape index (κ1) is 18.0. The largest absolute Gasteiger partial charge is 0.340 e. The average molecular weight is 383 g/mol. The maximum Gasteiger partial charge on any atom is 0.227 e. The first-order chi connectivity index (χ1) is 13.6. The van der Waals surface area contributed by atoms with E-state index in [-0.39, 0.29) is 0 Å². The van der Waals surface area contributed by atoms with Gasteiger partial charge in [-0.2, -0.15) is 4.98 Å². The molecule has 1 aliphatic rings. The van der Waals surface area contributed by atoms with Gasteiger partial charge in [-0.15, -0.1) is 0 Å². The summed E-state index contributed by atoms with van der Waals surface area (Å²) < 4.78 is 26.6. The molecule has 0 amide bonds. The molecule has 0 spiro atoms. The molecule has 4 rings (SSSR count). The van der Waals surface area contributed by atoms with Crippen molar-refractivity contribution in [2.75, 3.05) is 41.3 Å². The standard InChI is InChI=1S/C19H19F2N7/c1-13-11-17(25-14-3-4-15(20)16(21)12-14)26-19(24-13)28-9-7-27(8-10-28)18-22-5-2-6-23-18/h2-6,11-12H,7-10H2,1H3,(H,24,25,26). The summed E-state index contributed by atoms with van der Waals surface area (Å²) in [6.45, 7) is 4.84. The number of nitrogens with zero attached hydrogens (tertiary/aromatic N) is 6. The summed E-state index contributed by atoms with van der Waals surface area (Å²) >= 11 is 0. The zero-order valence-corrected chi connectivity index (χ0v) is 15.3. The summed E-state index contributed by atoms with van der Waals surface area (Å²) in [6.07, 6.45) is 3.46. The Hall–Kier alpha value is -3.36. The summed E-state index contributed by atoms with van der Waals surface area (Å²) in [5.74, 6) is 0.0506. The normalized spacial score (nSPS) is 14.2. The molecular weight excluding hydrogens is 364 g/mol. The molecule has 1 aliphatic heterocycles. The molecule has 144 valence electrons. The summed E-state index contributed by atoms with van der Waals surface area (Å²) in [6, 6.07) is 7.21. The van der Waals surface area contributed by atoms with Gasteiger partial charge in [-0.3, -0.25) is 0 Å². The van der Waals surface area contributed by atoms with Crippen molar-refractivity contribution in [2.24, 2.45) is 0 Å². The molecule has 1 aromatic carbocycles. The Morgan fingerprint density at radius 2 is 1.54 bits per heavy atom. The van der Waals surface area contributed by atoms with E-state index in [0.717, 1.165) is 44.0 Å². The van der Waals surface area contributed by atoms with Crippen molar-refractivity contribution >= 4 is 23.4 Å². The zero-order chi connectivity index (χ0) is 19.5. The topological polar surface area (TPSA) is 70.1 Å². The van der Waals surface area contributed by atoms with Gasteiger partial charge in [-0.1, -0.05) is 0 Å². The van der Waals surface area contributed by atoms with Gasteiger partial charge in [0.1, 0.15) is 5.82 Å². The summed E-state index contributed by atoms with van der Waals surface area (Å²) in [4.78, 5) is 21.8. The number of aryl methyl sites for hydroxylation is 1. The van der Waals surface area contributed by atoms with Crippen LogP contribution >= 0.6 is 0 Å². The maximum atomic E-state index is 13.4. The number of hydrogen-bond acceptors (Lipinski definition) is 7. The third-order valence-electron chi connectivity index (χ3n) is 4.43. The smallest absolute Gasteiger partial charge is 0.227 e. The van der Waals surface area contributed by atoms with Crippen LogP contribution in [0.15, 0.2) is 42.7 Å². The van der Waals surface area contributed by atoms with Crippen LogP contribution in [0.4, 0.5) is 32.2 Å². The van der Waals surface area contributed by atoms with E-state index in [1.165, 1.54) is 6.07 Å². The minimum atomic E-state index is -0.907. The molecule has 0 bridgehead atoms. The van der Waals surface area contributed by atoms with E-state index < -0.39 is 11.6 Å². The second-order valence-electron chi connectivity index (χ2n) is 6.47. The molecule has 0 aliphatic carbocycles. The van der Waals surface area contributed by atoms with Crippen LogP contribution in [-0.2, 0) is 0 Å².